The Balaban J connectivity index is 1.49. The lowest BCUT2D eigenvalue weighted by Crippen LogP contribution is -2.14. The van der Waals surface area contributed by atoms with Gasteiger partial charge in [-0.25, -0.2) is 0 Å². The monoisotopic (exact) mass is 496 g/mol. The normalized spacial score (nSPS) is 10.8. The van der Waals surface area contributed by atoms with Crippen LogP contribution >= 0.6 is 50.8 Å². The lowest BCUT2D eigenvalue weighted by molar-refractivity contribution is -0.113. The van der Waals surface area contributed by atoms with Crippen LogP contribution in [0.15, 0.2) is 50.9 Å². The largest absolute Gasteiger partial charge is 0.302 e. The van der Waals surface area contributed by atoms with Gasteiger partial charge in [-0.2, -0.15) is 0 Å². The van der Waals surface area contributed by atoms with E-state index in [1.807, 2.05) is 23.6 Å². The van der Waals surface area contributed by atoms with E-state index in [1.54, 1.807) is 17.8 Å². The maximum absolute atomic E-state index is 12.2. The highest BCUT2D eigenvalue weighted by Gasteiger charge is 2.13. The highest BCUT2D eigenvalue weighted by molar-refractivity contribution is 9.10. The maximum atomic E-state index is 12.2. The number of anilines is 1. The minimum Gasteiger partial charge on any atom is -0.302 e. The van der Waals surface area contributed by atoms with Crippen LogP contribution in [0.1, 0.15) is 11.4 Å². The van der Waals surface area contributed by atoms with Crippen molar-refractivity contribution in [1.29, 1.82) is 0 Å². The second-order valence-electron chi connectivity index (χ2n) is 5.56. The summed E-state index contributed by atoms with van der Waals surface area (Å²) in [5, 5.41) is 20.3. The summed E-state index contributed by atoms with van der Waals surface area (Å²) in [5.41, 5.74) is 1.19. The van der Waals surface area contributed by atoms with Crippen LogP contribution in [-0.2, 0) is 17.1 Å². The first-order valence-corrected chi connectivity index (χ1v) is 11.8. The molecule has 0 radical (unpaired) electrons. The fourth-order valence-electron chi connectivity index (χ4n) is 2.18. The van der Waals surface area contributed by atoms with Gasteiger partial charge in [0.15, 0.2) is 9.50 Å². The van der Waals surface area contributed by atoms with E-state index in [0.29, 0.717) is 16.8 Å². The van der Waals surface area contributed by atoms with Crippen molar-refractivity contribution in [1.82, 2.24) is 25.0 Å². The summed E-state index contributed by atoms with van der Waals surface area (Å²) < 4.78 is 3.77. The molecule has 3 aromatic rings. The van der Waals surface area contributed by atoms with Crippen LogP contribution in [0.2, 0.25) is 0 Å². The van der Waals surface area contributed by atoms with E-state index in [2.05, 4.69) is 60.4 Å². The molecule has 0 aliphatic carbocycles. The topological polar surface area (TPSA) is 85.6 Å². The van der Waals surface area contributed by atoms with E-state index in [-0.39, 0.29) is 11.7 Å². The Morgan fingerprint density at radius 3 is 2.96 bits per heavy atom. The predicted octanol–water partition coefficient (Wildman–Crippen LogP) is 4.41. The average Bonchev–Trinajstić information content (AvgIpc) is 3.26. The predicted molar refractivity (Wildman–Crippen MR) is 118 cm³/mol. The van der Waals surface area contributed by atoms with E-state index in [9.17, 15) is 4.79 Å². The van der Waals surface area contributed by atoms with Gasteiger partial charge in [-0.3, -0.25) is 10.1 Å². The Morgan fingerprint density at radius 2 is 2.18 bits per heavy atom. The molecule has 0 saturated heterocycles. The molecular formula is C17H17BrN6OS3. The first-order valence-electron chi connectivity index (χ1n) is 8.19. The number of aromatic nitrogens is 5. The van der Waals surface area contributed by atoms with Crippen molar-refractivity contribution >= 4 is 61.8 Å². The van der Waals surface area contributed by atoms with E-state index < -0.39 is 0 Å². The van der Waals surface area contributed by atoms with Crippen molar-refractivity contribution in [2.75, 3.05) is 11.1 Å². The molecule has 0 unspecified atom stereocenters. The second kappa shape index (κ2) is 10.2. The van der Waals surface area contributed by atoms with Crippen molar-refractivity contribution in [3.05, 3.63) is 52.8 Å². The van der Waals surface area contributed by atoms with Gasteiger partial charge >= 0.3 is 0 Å². The fraction of sp³-hybridized carbons (Fsp3) is 0.235. The van der Waals surface area contributed by atoms with Crippen LogP contribution in [0.4, 0.5) is 5.13 Å². The summed E-state index contributed by atoms with van der Waals surface area (Å²) in [6, 6.07) is 8.12. The SMILES string of the molecule is C=CCn1c(C)nnc1SCC(=O)Nc1nnc(SCc2cccc(Br)c2)s1. The molecule has 28 heavy (non-hydrogen) atoms. The molecule has 2 heterocycles. The third-order valence-corrected chi connectivity index (χ3v) is 6.95. The lowest BCUT2D eigenvalue weighted by Gasteiger charge is -2.04. The number of amides is 1. The van der Waals surface area contributed by atoms with Gasteiger partial charge in [0.2, 0.25) is 11.0 Å². The number of allylic oxidation sites excluding steroid dienone is 1. The number of halogens is 1. The minimum absolute atomic E-state index is 0.157. The number of thioether (sulfide) groups is 2. The number of rotatable bonds is 9. The van der Waals surface area contributed by atoms with E-state index in [1.165, 1.54) is 28.7 Å². The first kappa shape index (κ1) is 21.0. The van der Waals surface area contributed by atoms with E-state index in [0.717, 1.165) is 20.4 Å². The number of carbonyl (C=O) groups excluding carboxylic acids is 1. The molecule has 2 aromatic heterocycles. The van der Waals surface area contributed by atoms with Crippen molar-refractivity contribution in [3.63, 3.8) is 0 Å². The number of hydrogen-bond donors (Lipinski definition) is 1. The number of benzene rings is 1. The number of carbonyl (C=O) groups is 1. The molecular weight excluding hydrogens is 480 g/mol. The average molecular weight is 497 g/mol. The summed E-state index contributed by atoms with van der Waals surface area (Å²) in [5.74, 6) is 1.64. The molecule has 146 valence electrons. The zero-order valence-corrected chi connectivity index (χ0v) is 19.0. The highest BCUT2D eigenvalue weighted by atomic mass is 79.9. The molecule has 0 aliphatic heterocycles. The highest BCUT2D eigenvalue weighted by Crippen LogP contribution is 2.29. The van der Waals surface area contributed by atoms with Gasteiger partial charge in [-0.15, -0.1) is 27.0 Å². The van der Waals surface area contributed by atoms with E-state index >= 15 is 0 Å². The van der Waals surface area contributed by atoms with Gasteiger partial charge in [0.25, 0.3) is 0 Å². The third kappa shape index (κ3) is 5.90. The Morgan fingerprint density at radius 1 is 1.32 bits per heavy atom. The Hall–Kier alpha value is -1.69. The zero-order chi connectivity index (χ0) is 19.9. The minimum atomic E-state index is -0.157. The molecule has 0 spiro atoms. The van der Waals surface area contributed by atoms with Crippen molar-refractivity contribution in [3.8, 4) is 0 Å². The van der Waals surface area contributed by atoms with Gasteiger partial charge in [-0.1, -0.05) is 69.0 Å². The van der Waals surface area contributed by atoms with Gasteiger partial charge in [-0.05, 0) is 24.6 Å². The van der Waals surface area contributed by atoms with Crippen molar-refractivity contribution < 1.29 is 4.79 Å². The molecule has 0 atom stereocenters. The summed E-state index contributed by atoms with van der Waals surface area (Å²) in [7, 11) is 0. The van der Waals surface area contributed by atoms with Crippen molar-refractivity contribution in [2.24, 2.45) is 0 Å². The van der Waals surface area contributed by atoms with Crippen LogP contribution in [-0.4, -0.2) is 36.6 Å². The molecule has 1 amide bonds. The molecule has 1 N–H and O–H groups in total. The summed E-state index contributed by atoms with van der Waals surface area (Å²) in [6.45, 7) is 6.21. The molecule has 11 heteroatoms. The lowest BCUT2D eigenvalue weighted by atomic mass is 10.2. The number of aryl methyl sites for hydroxylation is 1. The quantitative estimate of drug-likeness (QED) is 0.266. The Labute approximate surface area is 183 Å². The summed E-state index contributed by atoms with van der Waals surface area (Å²) >= 11 is 7.74. The van der Waals surface area contributed by atoms with Gasteiger partial charge in [0, 0.05) is 16.8 Å². The summed E-state index contributed by atoms with van der Waals surface area (Å²) in [4.78, 5) is 12.2. The van der Waals surface area contributed by atoms with Crippen LogP contribution in [0, 0.1) is 6.92 Å². The van der Waals surface area contributed by atoms with Crippen LogP contribution in [0.3, 0.4) is 0 Å². The first-order chi connectivity index (χ1) is 13.5. The molecule has 0 fully saturated rings. The van der Waals surface area contributed by atoms with Crippen LogP contribution in [0.5, 0.6) is 0 Å². The van der Waals surface area contributed by atoms with Crippen LogP contribution < -0.4 is 5.32 Å². The standard InChI is InChI=1S/C17H17BrN6OS3/c1-3-7-24-11(2)20-22-16(24)26-10-14(25)19-15-21-23-17(28-15)27-9-12-5-4-6-13(18)8-12/h3-6,8H,1,7,9-10H2,2H3,(H,19,21,25). The molecule has 3 rings (SSSR count). The van der Waals surface area contributed by atoms with Gasteiger partial charge in [0.05, 0.1) is 5.75 Å². The summed E-state index contributed by atoms with van der Waals surface area (Å²) in [6.07, 6.45) is 1.77. The second-order valence-corrected chi connectivity index (χ2v) is 9.62. The Kier molecular flexibility index (Phi) is 7.65. The Bertz CT molecular complexity index is 973. The molecule has 0 saturated carbocycles. The van der Waals surface area contributed by atoms with Gasteiger partial charge in [0.1, 0.15) is 5.82 Å². The molecule has 1 aromatic carbocycles. The van der Waals surface area contributed by atoms with Crippen molar-refractivity contribution in [2.45, 2.75) is 28.7 Å². The number of nitrogens with zero attached hydrogens (tertiary/aromatic N) is 5. The smallest absolute Gasteiger partial charge is 0.236 e. The maximum Gasteiger partial charge on any atom is 0.236 e. The number of hydrogen-bond acceptors (Lipinski definition) is 8. The molecule has 0 aliphatic rings. The fourth-order valence-corrected chi connectivity index (χ4v) is 5.13. The van der Waals surface area contributed by atoms with Crippen LogP contribution in [0.25, 0.3) is 0 Å². The van der Waals surface area contributed by atoms with E-state index in [4.69, 9.17) is 0 Å². The molecule has 7 nitrogen and oxygen atoms in total. The zero-order valence-electron chi connectivity index (χ0n) is 15.0. The number of nitrogens with one attached hydrogen (secondary N) is 1. The molecule has 0 bridgehead atoms. The van der Waals surface area contributed by atoms with Gasteiger partial charge < -0.3 is 4.57 Å². The third-order valence-electron chi connectivity index (χ3n) is 3.45.